The van der Waals surface area contributed by atoms with Crippen LogP contribution in [0.25, 0.3) is 16.8 Å². The Kier molecular flexibility index (Phi) is 4.39. The van der Waals surface area contributed by atoms with Gasteiger partial charge < -0.3 is 9.64 Å². The van der Waals surface area contributed by atoms with Gasteiger partial charge in [0, 0.05) is 23.9 Å². The highest BCUT2D eigenvalue weighted by atomic mass is 35.5. The van der Waals surface area contributed by atoms with E-state index in [9.17, 15) is 5.26 Å². The Morgan fingerprint density at radius 1 is 1.34 bits per heavy atom. The molecule has 5 rings (SSSR count). The molecule has 1 aliphatic heterocycles. The Morgan fingerprint density at radius 2 is 2.17 bits per heavy atom. The SMILES string of the molecule is Cc1c(-c2cc(O[C@H](C)C3CCC3)c3c(Cl)cnn3c2)nn2c1CN(C#N)CC2. The molecule has 0 saturated heterocycles. The number of hydrogen-bond donors (Lipinski definition) is 0. The molecular formula is C21H23ClN6O. The number of nitrogens with zero attached hydrogens (tertiary/aromatic N) is 6. The minimum absolute atomic E-state index is 0.134. The summed E-state index contributed by atoms with van der Waals surface area (Å²) in [5.41, 5.74) is 4.79. The molecule has 0 radical (unpaired) electrons. The summed E-state index contributed by atoms with van der Waals surface area (Å²) in [7, 11) is 0. The fraction of sp³-hybridized carbons (Fsp3) is 0.476. The lowest BCUT2D eigenvalue weighted by molar-refractivity contribution is 0.1000. The Bertz CT molecular complexity index is 1120. The van der Waals surface area contributed by atoms with E-state index in [1.807, 2.05) is 16.9 Å². The van der Waals surface area contributed by atoms with Crippen molar-refractivity contribution in [3.8, 4) is 23.2 Å². The number of halogens is 1. The number of nitriles is 1. The van der Waals surface area contributed by atoms with Crippen LogP contribution in [0.5, 0.6) is 5.75 Å². The van der Waals surface area contributed by atoms with Gasteiger partial charge >= 0.3 is 0 Å². The number of aromatic nitrogens is 4. The van der Waals surface area contributed by atoms with Gasteiger partial charge in [0.1, 0.15) is 11.3 Å². The van der Waals surface area contributed by atoms with E-state index in [-0.39, 0.29) is 6.10 Å². The lowest BCUT2D eigenvalue weighted by Crippen LogP contribution is -2.30. The molecule has 0 N–H and O–H groups in total. The van der Waals surface area contributed by atoms with E-state index in [1.54, 1.807) is 15.6 Å². The second kappa shape index (κ2) is 6.96. The third-order valence-corrected chi connectivity index (χ3v) is 6.59. The monoisotopic (exact) mass is 410 g/mol. The van der Waals surface area contributed by atoms with E-state index in [0.29, 0.717) is 30.6 Å². The first kappa shape index (κ1) is 18.3. The quantitative estimate of drug-likeness (QED) is 0.607. The van der Waals surface area contributed by atoms with Gasteiger partial charge in [0.05, 0.1) is 41.8 Å². The maximum Gasteiger partial charge on any atom is 0.179 e. The molecule has 2 aliphatic rings. The van der Waals surface area contributed by atoms with Crippen molar-refractivity contribution in [1.82, 2.24) is 24.3 Å². The number of fused-ring (bicyclic) bond motifs is 2. The highest BCUT2D eigenvalue weighted by Gasteiger charge is 2.27. The average Bonchev–Trinajstić information content (AvgIpc) is 3.20. The second-order valence-corrected chi connectivity index (χ2v) is 8.46. The molecule has 0 amide bonds. The maximum absolute atomic E-state index is 9.25. The summed E-state index contributed by atoms with van der Waals surface area (Å²) in [6.45, 7) is 6.18. The van der Waals surface area contributed by atoms with Crippen LogP contribution in [0.15, 0.2) is 18.5 Å². The fourth-order valence-corrected chi connectivity index (χ4v) is 4.50. The zero-order valence-electron chi connectivity index (χ0n) is 16.6. The lowest BCUT2D eigenvalue weighted by atomic mass is 9.82. The van der Waals surface area contributed by atoms with E-state index in [1.165, 1.54) is 19.3 Å². The van der Waals surface area contributed by atoms with Crippen molar-refractivity contribution in [1.29, 1.82) is 5.26 Å². The largest absolute Gasteiger partial charge is 0.488 e. The van der Waals surface area contributed by atoms with Gasteiger partial charge in [-0.2, -0.15) is 15.5 Å². The summed E-state index contributed by atoms with van der Waals surface area (Å²) in [5, 5.41) is 19.1. The van der Waals surface area contributed by atoms with Crippen LogP contribution in [0.3, 0.4) is 0 Å². The smallest absolute Gasteiger partial charge is 0.179 e. The maximum atomic E-state index is 9.25. The Hall–Kier alpha value is -2.72. The van der Waals surface area contributed by atoms with Gasteiger partial charge in [-0.25, -0.2) is 4.52 Å². The zero-order valence-corrected chi connectivity index (χ0v) is 17.4. The minimum atomic E-state index is 0.134. The van der Waals surface area contributed by atoms with Crippen molar-refractivity contribution in [3.63, 3.8) is 0 Å². The first-order valence-electron chi connectivity index (χ1n) is 10.1. The molecule has 0 unspecified atom stereocenters. The van der Waals surface area contributed by atoms with E-state index < -0.39 is 0 Å². The third kappa shape index (κ3) is 3.03. The van der Waals surface area contributed by atoms with Gasteiger partial charge in [-0.1, -0.05) is 18.0 Å². The molecule has 8 heteroatoms. The van der Waals surface area contributed by atoms with Crippen LogP contribution in [-0.4, -0.2) is 36.9 Å². The summed E-state index contributed by atoms with van der Waals surface area (Å²) in [6, 6.07) is 2.03. The van der Waals surface area contributed by atoms with Crippen molar-refractivity contribution in [2.75, 3.05) is 6.54 Å². The Morgan fingerprint density at radius 3 is 2.90 bits per heavy atom. The van der Waals surface area contributed by atoms with Crippen molar-refractivity contribution < 1.29 is 4.74 Å². The summed E-state index contributed by atoms with van der Waals surface area (Å²) in [6.07, 6.45) is 9.68. The molecule has 4 heterocycles. The predicted molar refractivity (Wildman–Crippen MR) is 110 cm³/mol. The molecule has 150 valence electrons. The van der Waals surface area contributed by atoms with Crippen molar-refractivity contribution in [2.24, 2.45) is 5.92 Å². The van der Waals surface area contributed by atoms with E-state index in [2.05, 4.69) is 25.1 Å². The molecule has 1 aliphatic carbocycles. The second-order valence-electron chi connectivity index (χ2n) is 8.06. The summed E-state index contributed by atoms with van der Waals surface area (Å²) < 4.78 is 10.2. The molecule has 1 saturated carbocycles. The molecule has 29 heavy (non-hydrogen) atoms. The average molecular weight is 411 g/mol. The summed E-state index contributed by atoms with van der Waals surface area (Å²) in [4.78, 5) is 1.76. The lowest BCUT2D eigenvalue weighted by Gasteiger charge is -2.31. The highest BCUT2D eigenvalue weighted by molar-refractivity contribution is 6.34. The van der Waals surface area contributed by atoms with Crippen LogP contribution in [-0.2, 0) is 13.1 Å². The van der Waals surface area contributed by atoms with E-state index in [0.717, 1.165) is 33.8 Å². The molecule has 1 atom stereocenters. The minimum Gasteiger partial charge on any atom is -0.488 e. The highest BCUT2D eigenvalue weighted by Crippen LogP contribution is 2.37. The van der Waals surface area contributed by atoms with Crippen LogP contribution < -0.4 is 4.74 Å². The number of rotatable bonds is 4. The number of pyridine rings is 1. The van der Waals surface area contributed by atoms with Crippen molar-refractivity contribution in [3.05, 3.63) is 34.7 Å². The summed E-state index contributed by atoms with van der Waals surface area (Å²) >= 11 is 6.41. The molecule has 3 aromatic heterocycles. The molecule has 0 bridgehead atoms. The molecule has 7 nitrogen and oxygen atoms in total. The first-order chi connectivity index (χ1) is 14.0. The van der Waals surface area contributed by atoms with Crippen LogP contribution in [0.4, 0.5) is 0 Å². The topological polar surface area (TPSA) is 71.4 Å². The standard InChI is InChI=1S/C21H23ClN6O/c1-13-18-11-26(12-23)6-7-27(18)25-20(13)16-8-19(29-14(2)15-4-3-5-15)21-17(22)9-24-28(21)10-16/h8-10,14-15H,3-7,11H2,1-2H3/t14-/m1/s1. The fourth-order valence-electron chi connectivity index (χ4n) is 4.28. The Balaban J connectivity index is 1.58. The van der Waals surface area contributed by atoms with E-state index >= 15 is 0 Å². The van der Waals surface area contributed by atoms with E-state index in [4.69, 9.17) is 21.4 Å². The van der Waals surface area contributed by atoms with Crippen molar-refractivity contribution in [2.45, 2.75) is 52.3 Å². The van der Waals surface area contributed by atoms with Crippen LogP contribution in [0.2, 0.25) is 5.02 Å². The molecular weight excluding hydrogens is 388 g/mol. The third-order valence-electron chi connectivity index (χ3n) is 6.32. The molecule has 0 spiro atoms. The van der Waals surface area contributed by atoms with Gasteiger partial charge in [-0.05, 0) is 38.7 Å². The van der Waals surface area contributed by atoms with Gasteiger partial charge in [-0.3, -0.25) is 4.68 Å². The number of hydrogen-bond acceptors (Lipinski definition) is 5. The molecule has 1 fully saturated rings. The Labute approximate surface area is 174 Å². The van der Waals surface area contributed by atoms with Gasteiger partial charge in [0.2, 0.25) is 0 Å². The van der Waals surface area contributed by atoms with Crippen LogP contribution in [0, 0.1) is 24.3 Å². The normalized spacial score (nSPS) is 17.7. The van der Waals surface area contributed by atoms with Crippen molar-refractivity contribution >= 4 is 17.1 Å². The summed E-state index contributed by atoms with van der Waals surface area (Å²) in [5.74, 6) is 1.34. The van der Waals surface area contributed by atoms with Gasteiger partial charge in [0.25, 0.3) is 0 Å². The zero-order chi connectivity index (χ0) is 20.1. The van der Waals surface area contributed by atoms with Gasteiger partial charge in [-0.15, -0.1) is 0 Å². The van der Waals surface area contributed by atoms with Crippen LogP contribution >= 0.6 is 11.6 Å². The predicted octanol–water partition coefficient (Wildman–Crippen LogP) is 4.02. The first-order valence-corrected chi connectivity index (χ1v) is 10.5. The van der Waals surface area contributed by atoms with Gasteiger partial charge in [0.15, 0.2) is 6.19 Å². The number of ether oxygens (including phenoxy) is 1. The molecule has 0 aromatic carbocycles. The molecule has 3 aromatic rings. The van der Waals surface area contributed by atoms with Crippen LogP contribution in [0.1, 0.15) is 37.4 Å².